The predicted octanol–water partition coefficient (Wildman–Crippen LogP) is 2.67. The van der Waals surface area contributed by atoms with Crippen molar-refractivity contribution in [3.8, 4) is 5.75 Å². The Bertz CT molecular complexity index is 745. The summed E-state index contributed by atoms with van der Waals surface area (Å²) in [7, 11) is 0. The molecule has 0 amide bonds. The quantitative estimate of drug-likeness (QED) is 0.444. The highest BCUT2D eigenvalue weighted by molar-refractivity contribution is 8.13. The standard InChI is InChI=1S/C16H15N3O3S/c17-16(23-10-11-4-2-1-3-5-11)19-18-9-12-6-7-13(15(21)22)14(20)8-12/h1-9,20H,10H2,(H2,17,19)(H,21,22). The number of hydrogen-bond acceptors (Lipinski definition) is 5. The van der Waals surface area contributed by atoms with E-state index >= 15 is 0 Å². The van der Waals surface area contributed by atoms with Gasteiger partial charge in [-0.3, -0.25) is 0 Å². The molecule has 0 spiro atoms. The SMILES string of the molecule is NC(=NN=Cc1ccc(C(=O)O)c(O)c1)SCc1ccccc1. The van der Waals surface area contributed by atoms with Gasteiger partial charge >= 0.3 is 5.97 Å². The average molecular weight is 329 g/mol. The first-order valence-corrected chi connectivity index (χ1v) is 7.64. The van der Waals surface area contributed by atoms with Crippen molar-refractivity contribution in [3.63, 3.8) is 0 Å². The van der Waals surface area contributed by atoms with Crippen LogP contribution in [-0.4, -0.2) is 27.6 Å². The highest BCUT2D eigenvalue weighted by atomic mass is 32.2. The van der Waals surface area contributed by atoms with Crippen molar-refractivity contribution in [2.24, 2.45) is 15.9 Å². The van der Waals surface area contributed by atoms with E-state index < -0.39 is 5.97 Å². The maximum atomic E-state index is 10.8. The van der Waals surface area contributed by atoms with Crippen LogP contribution in [0.25, 0.3) is 0 Å². The van der Waals surface area contributed by atoms with Crippen LogP contribution in [0.3, 0.4) is 0 Å². The van der Waals surface area contributed by atoms with Crippen LogP contribution >= 0.6 is 11.8 Å². The Morgan fingerprint density at radius 1 is 1.22 bits per heavy atom. The van der Waals surface area contributed by atoms with E-state index in [0.29, 0.717) is 16.5 Å². The van der Waals surface area contributed by atoms with Gasteiger partial charge in [0.2, 0.25) is 0 Å². The van der Waals surface area contributed by atoms with Gasteiger partial charge in [0.25, 0.3) is 0 Å². The molecule has 0 unspecified atom stereocenters. The van der Waals surface area contributed by atoms with Crippen molar-refractivity contribution >= 4 is 29.1 Å². The Morgan fingerprint density at radius 2 is 1.96 bits per heavy atom. The van der Waals surface area contributed by atoms with Crippen LogP contribution in [0.1, 0.15) is 21.5 Å². The minimum atomic E-state index is -1.19. The summed E-state index contributed by atoms with van der Waals surface area (Å²) in [5.41, 5.74) is 7.25. The number of carbonyl (C=O) groups is 1. The molecule has 2 aromatic rings. The van der Waals surface area contributed by atoms with Crippen LogP contribution in [0, 0.1) is 0 Å². The maximum Gasteiger partial charge on any atom is 0.339 e. The van der Waals surface area contributed by atoms with Crippen LogP contribution in [-0.2, 0) is 5.75 Å². The number of rotatable bonds is 5. The number of carboxylic acids is 1. The van der Waals surface area contributed by atoms with E-state index in [1.807, 2.05) is 30.3 Å². The average Bonchev–Trinajstić information content (AvgIpc) is 2.53. The molecule has 2 aromatic carbocycles. The van der Waals surface area contributed by atoms with Gasteiger partial charge in [-0.2, -0.15) is 5.10 Å². The fourth-order valence-electron chi connectivity index (χ4n) is 1.72. The second-order valence-electron chi connectivity index (χ2n) is 4.54. The van der Waals surface area contributed by atoms with Gasteiger partial charge in [0, 0.05) is 5.75 Å². The van der Waals surface area contributed by atoms with Gasteiger partial charge in [0.1, 0.15) is 11.3 Å². The zero-order chi connectivity index (χ0) is 16.7. The van der Waals surface area contributed by atoms with Crippen molar-refractivity contribution in [1.29, 1.82) is 0 Å². The lowest BCUT2D eigenvalue weighted by Crippen LogP contribution is -2.06. The molecule has 0 bridgehead atoms. The minimum absolute atomic E-state index is 0.163. The second kappa shape index (κ2) is 8.00. The third-order valence-electron chi connectivity index (χ3n) is 2.84. The molecule has 0 heterocycles. The molecule has 0 aliphatic carbocycles. The summed E-state index contributed by atoms with van der Waals surface area (Å²) < 4.78 is 0. The maximum absolute atomic E-state index is 10.8. The number of aromatic carboxylic acids is 1. The summed E-state index contributed by atoms with van der Waals surface area (Å²) in [6.07, 6.45) is 1.39. The van der Waals surface area contributed by atoms with Crippen LogP contribution < -0.4 is 5.73 Å². The van der Waals surface area contributed by atoms with Gasteiger partial charge in [-0.1, -0.05) is 48.2 Å². The minimum Gasteiger partial charge on any atom is -0.507 e. The van der Waals surface area contributed by atoms with Crippen LogP contribution in [0.4, 0.5) is 0 Å². The fourth-order valence-corrected chi connectivity index (χ4v) is 2.33. The lowest BCUT2D eigenvalue weighted by atomic mass is 10.1. The van der Waals surface area contributed by atoms with E-state index in [0.717, 1.165) is 5.56 Å². The molecule has 6 nitrogen and oxygen atoms in total. The Labute approximate surface area is 137 Å². The summed E-state index contributed by atoms with van der Waals surface area (Å²) in [5, 5.41) is 26.4. The molecule has 7 heteroatoms. The number of nitrogens with two attached hydrogens (primary N) is 1. The van der Waals surface area contributed by atoms with Gasteiger partial charge in [-0.15, -0.1) is 5.10 Å². The normalized spacial score (nSPS) is 11.7. The van der Waals surface area contributed by atoms with Crippen molar-refractivity contribution in [2.45, 2.75) is 5.75 Å². The van der Waals surface area contributed by atoms with Crippen molar-refractivity contribution in [2.75, 3.05) is 0 Å². The third kappa shape index (κ3) is 5.15. The number of benzene rings is 2. The molecule has 0 aromatic heterocycles. The molecule has 0 aliphatic rings. The number of nitrogens with zero attached hydrogens (tertiary/aromatic N) is 2. The Balaban J connectivity index is 1.94. The van der Waals surface area contributed by atoms with Crippen molar-refractivity contribution in [3.05, 3.63) is 65.2 Å². The first-order chi connectivity index (χ1) is 11.1. The summed E-state index contributed by atoms with van der Waals surface area (Å²) in [6, 6.07) is 14.0. The molecule has 23 heavy (non-hydrogen) atoms. The largest absolute Gasteiger partial charge is 0.507 e. The number of amidine groups is 1. The molecule has 2 rings (SSSR count). The number of thioether (sulfide) groups is 1. The monoisotopic (exact) mass is 329 g/mol. The molecule has 0 saturated heterocycles. The molecule has 0 fully saturated rings. The van der Waals surface area contributed by atoms with Crippen LogP contribution in [0.5, 0.6) is 5.75 Å². The van der Waals surface area contributed by atoms with E-state index in [-0.39, 0.29) is 11.3 Å². The highest BCUT2D eigenvalue weighted by Gasteiger charge is 2.08. The molecule has 118 valence electrons. The van der Waals surface area contributed by atoms with Crippen LogP contribution in [0.15, 0.2) is 58.7 Å². The Kier molecular flexibility index (Phi) is 5.76. The summed E-state index contributed by atoms with van der Waals surface area (Å²) in [5.74, 6) is -0.817. The van der Waals surface area contributed by atoms with Gasteiger partial charge < -0.3 is 15.9 Å². The molecule has 0 aliphatic heterocycles. The van der Waals surface area contributed by atoms with Gasteiger partial charge in [0.05, 0.1) is 6.21 Å². The summed E-state index contributed by atoms with van der Waals surface area (Å²) >= 11 is 1.36. The van der Waals surface area contributed by atoms with Gasteiger partial charge in [0.15, 0.2) is 5.17 Å². The molecule has 0 radical (unpaired) electrons. The predicted molar refractivity (Wildman–Crippen MR) is 92.0 cm³/mol. The lowest BCUT2D eigenvalue weighted by molar-refractivity contribution is 0.0693. The number of carboxylic acid groups (broad SMARTS) is 1. The molecule has 0 saturated carbocycles. The molecular weight excluding hydrogens is 314 g/mol. The first-order valence-electron chi connectivity index (χ1n) is 6.66. The van der Waals surface area contributed by atoms with E-state index in [2.05, 4.69) is 10.2 Å². The second-order valence-corrected chi connectivity index (χ2v) is 5.53. The number of hydrogen-bond donors (Lipinski definition) is 3. The van der Waals surface area contributed by atoms with Crippen molar-refractivity contribution < 1.29 is 15.0 Å². The zero-order valence-corrected chi connectivity index (χ0v) is 12.9. The Morgan fingerprint density at radius 3 is 2.61 bits per heavy atom. The smallest absolute Gasteiger partial charge is 0.339 e. The van der Waals surface area contributed by atoms with Crippen molar-refractivity contribution in [1.82, 2.24) is 0 Å². The van der Waals surface area contributed by atoms with E-state index in [1.165, 1.54) is 36.2 Å². The Hall–Kier alpha value is -2.80. The van der Waals surface area contributed by atoms with E-state index in [9.17, 15) is 9.90 Å². The zero-order valence-electron chi connectivity index (χ0n) is 12.1. The lowest BCUT2D eigenvalue weighted by Gasteiger charge is -2.00. The first kappa shape index (κ1) is 16.6. The van der Waals surface area contributed by atoms with Gasteiger partial charge in [-0.05, 0) is 23.3 Å². The van der Waals surface area contributed by atoms with Gasteiger partial charge in [-0.25, -0.2) is 4.79 Å². The topological polar surface area (TPSA) is 108 Å². The summed E-state index contributed by atoms with van der Waals surface area (Å²) in [6.45, 7) is 0. The molecule has 4 N–H and O–H groups in total. The van der Waals surface area contributed by atoms with E-state index in [4.69, 9.17) is 10.8 Å². The molecular formula is C16H15N3O3S. The van der Waals surface area contributed by atoms with Crippen LogP contribution in [0.2, 0.25) is 0 Å². The van der Waals surface area contributed by atoms with E-state index in [1.54, 1.807) is 0 Å². The highest BCUT2D eigenvalue weighted by Crippen LogP contribution is 2.18. The fraction of sp³-hybridized carbons (Fsp3) is 0.0625. The number of aromatic hydroxyl groups is 1. The third-order valence-corrected chi connectivity index (χ3v) is 3.70. The molecule has 0 atom stereocenters. The number of phenols is 1. The summed E-state index contributed by atoms with van der Waals surface area (Å²) in [4.78, 5) is 10.8.